The summed E-state index contributed by atoms with van der Waals surface area (Å²) in [6.45, 7) is 0.883. The van der Waals surface area contributed by atoms with Gasteiger partial charge in [0.2, 0.25) is 11.8 Å². The van der Waals surface area contributed by atoms with Crippen molar-refractivity contribution in [3.63, 3.8) is 0 Å². The quantitative estimate of drug-likeness (QED) is 0.671. The van der Waals surface area contributed by atoms with Gasteiger partial charge in [0.05, 0.1) is 12.5 Å². The molecule has 29 heavy (non-hydrogen) atoms. The first-order valence-corrected chi connectivity index (χ1v) is 9.72. The highest BCUT2D eigenvalue weighted by Crippen LogP contribution is 2.30. The lowest BCUT2D eigenvalue weighted by atomic mass is 10.1. The fourth-order valence-corrected chi connectivity index (χ4v) is 3.78. The Bertz CT molecular complexity index is 1020. The van der Waals surface area contributed by atoms with Crippen molar-refractivity contribution in [1.82, 2.24) is 14.8 Å². The lowest BCUT2D eigenvalue weighted by molar-refractivity contribution is -0.122. The van der Waals surface area contributed by atoms with E-state index < -0.39 is 5.92 Å². The van der Waals surface area contributed by atoms with E-state index in [2.05, 4.69) is 15.4 Å². The SMILES string of the molecule is O=C(Nc1ccc(Cn2cncn2)cc1)[C@@H]1CC(=O)N(c2cc(Cl)cc(Cl)c2)C1. The molecule has 148 valence electrons. The van der Waals surface area contributed by atoms with E-state index in [-0.39, 0.29) is 24.8 Å². The number of carbonyl (C=O) groups excluding carboxylic acids is 2. The number of rotatable bonds is 5. The highest BCUT2D eigenvalue weighted by Gasteiger charge is 2.35. The molecule has 1 N–H and O–H groups in total. The topological polar surface area (TPSA) is 80.1 Å². The van der Waals surface area contributed by atoms with E-state index >= 15 is 0 Å². The van der Waals surface area contributed by atoms with Gasteiger partial charge in [0.25, 0.3) is 0 Å². The van der Waals surface area contributed by atoms with Crippen LogP contribution in [-0.2, 0) is 16.1 Å². The third kappa shape index (κ3) is 4.58. The fourth-order valence-electron chi connectivity index (χ4n) is 3.27. The van der Waals surface area contributed by atoms with Crippen LogP contribution in [-0.4, -0.2) is 33.1 Å². The first kappa shape index (κ1) is 19.4. The zero-order valence-corrected chi connectivity index (χ0v) is 16.8. The Morgan fingerprint density at radius 2 is 1.86 bits per heavy atom. The van der Waals surface area contributed by atoms with Gasteiger partial charge in [-0.15, -0.1) is 0 Å². The predicted molar refractivity (Wildman–Crippen MR) is 111 cm³/mol. The summed E-state index contributed by atoms with van der Waals surface area (Å²) in [4.78, 5) is 30.5. The molecule has 2 heterocycles. The molecular weight excluding hydrogens is 413 g/mol. The van der Waals surface area contributed by atoms with Crippen LogP contribution in [0.4, 0.5) is 11.4 Å². The van der Waals surface area contributed by atoms with Crippen molar-refractivity contribution in [2.24, 2.45) is 5.92 Å². The molecule has 1 atom stereocenters. The fraction of sp³-hybridized carbons (Fsp3) is 0.200. The number of hydrogen-bond donors (Lipinski definition) is 1. The van der Waals surface area contributed by atoms with E-state index in [4.69, 9.17) is 23.2 Å². The average molecular weight is 430 g/mol. The van der Waals surface area contributed by atoms with Gasteiger partial charge < -0.3 is 10.2 Å². The molecule has 1 saturated heterocycles. The van der Waals surface area contributed by atoms with E-state index in [1.54, 1.807) is 34.1 Å². The lowest BCUT2D eigenvalue weighted by Crippen LogP contribution is -2.28. The Morgan fingerprint density at radius 3 is 2.52 bits per heavy atom. The Kier molecular flexibility index (Phi) is 5.51. The summed E-state index contributed by atoms with van der Waals surface area (Å²) >= 11 is 12.1. The van der Waals surface area contributed by atoms with Crippen LogP contribution in [0.5, 0.6) is 0 Å². The van der Waals surface area contributed by atoms with Crippen molar-refractivity contribution in [2.45, 2.75) is 13.0 Å². The van der Waals surface area contributed by atoms with Crippen LogP contribution < -0.4 is 10.2 Å². The maximum Gasteiger partial charge on any atom is 0.229 e. The Morgan fingerprint density at radius 1 is 1.14 bits per heavy atom. The molecule has 9 heteroatoms. The van der Waals surface area contributed by atoms with Gasteiger partial charge in [0.15, 0.2) is 0 Å². The van der Waals surface area contributed by atoms with Gasteiger partial charge in [0, 0.05) is 34.4 Å². The molecule has 0 aliphatic carbocycles. The minimum atomic E-state index is -0.449. The molecule has 0 saturated carbocycles. The molecule has 2 aromatic carbocycles. The summed E-state index contributed by atoms with van der Waals surface area (Å²) in [6.07, 6.45) is 3.27. The van der Waals surface area contributed by atoms with Gasteiger partial charge in [-0.25, -0.2) is 9.67 Å². The van der Waals surface area contributed by atoms with Crippen LogP contribution in [0, 0.1) is 5.92 Å². The van der Waals surface area contributed by atoms with Crippen LogP contribution in [0.2, 0.25) is 10.0 Å². The van der Waals surface area contributed by atoms with Crippen LogP contribution in [0.25, 0.3) is 0 Å². The molecule has 0 unspecified atom stereocenters. The maximum atomic E-state index is 12.6. The molecule has 0 radical (unpaired) electrons. The monoisotopic (exact) mass is 429 g/mol. The summed E-state index contributed by atoms with van der Waals surface area (Å²) in [5.74, 6) is -0.778. The molecule has 2 amide bonds. The van der Waals surface area contributed by atoms with Crippen LogP contribution in [0.15, 0.2) is 55.1 Å². The third-order valence-electron chi connectivity index (χ3n) is 4.69. The second kappa shape index (κ2) is 8.23. The second-order valence-electron chi connectivity index (χ2n) is 6.81. The first-order chi connectivity index (χ1) is 14.0. The van der Waals surface area contributed by atoms with Crippen molar-refractivity contribution in [2.75, 3.05) is 16.8 Å². The van der Waals surface area contributed by atoms with Gasteiger partial charge in [-0.3, -0.25) is 9.59 Å². The van der Waals surface area contributed by atoms with Crippen molar-refractivity contribution >= 4 is 46.4 Å². The zero-order valence-electron chi connectivity index (χ0n) is 15.3. The molecule has 1 aliphatic rings. The molecule has 0 bridgehead atoms. The van der Waals surface area contributed by atoms with E-state index in [1.807, 2.05) is 24.3 Å². The highest BCUT2D eigenvalue weighted by molar-refractivity contribution is 6.35. The normalized spacial score (nSPS) is 16.3. The van der Waals surface area contributed by atoms with E-state index in [0.29, 0.717) is 28.0 Å². The average Bonchev–Trinajstić information content (AvgIpc) is 3.32. The molecule has 1 fully saturated rings. The zero-order chi connectivity index (χ0) is 20.4. The second-order valence-corrected chi connectivity index (χ2v) is 7.69. The van der Waals surface area contributed by atoms with Gasteiger partial charge in [-0.2, -0.15) is 5.10 Å². The van der Waals surface area contributed by atoms with Crippen molar-refractivity contribution in [1.29, 1.82) is 0 Å². The summed E-state index contributed by atoms with van der Waals surface area (Å²) < 4.78 is 1.72. The van der Waals surface area contributed by atoms with E-state index in [1.165, 1.54) is 6.33 Å². The molecule has 3 aromatic rings. The Hall–Kier alpha value is -2.90. The summed E-state index contributed by atoms with van der Waals surface area (Å²) in [6, 6.07) is 12.4. The van der Waals surface area contributed by atoms with Crippen molar-refractivity contribution < 1.29 is 9.59 Å². The minimum absolute atomic E-state index is 0.133. The Balaban J connectivity index is 1.39. The highest BCUT2D eigenvalue weighted by atomic mass is 35.5. The number of halogens is 2. The van der Waals surface area contributed by atoms with Crippen LogP contribution >= 0.6 is 23.2 Å². The molecule has 1 aliphatic heterocycles. The number of benzene rings is 2. The number of carbonyl (C=O) groups is 2. The largest absolute Gasteiger partial charge is 0.326 e. The van der Waals surface area contributed by atoms with Gasteiger partial charge >= 0.3 is 0 Å². The van der Waals surface area contributed by atoms with Gasteiger partial charge in [-0.05, 0) is 35.9 Å². The summed E-state index contributed by atoms with van der Waals surface area (Å²) in [5, 5.41) is 7.84. The standard InChI is InChI=1S/C20H17Cl2N5O2/c21-15-6-16(22)8-18(7-15)27-10-14(5-19(27)28)20(29)25-17-3-1-13(2-4-17)9-26-12-23-11-24-26/h1-4,6-8,11-12,14H,5,9-10H2,(H,25,29)/t14-/m1/s1. The smallest absolute Gasteiger partial charge is 0.229 e. The van der Waals surface area contributed by atoms with Crippen molar-refractivity contribution in [3.05, 3.63) is 70.7 Å². The Labute approximate surface area is 177 Å². The number of amides is 2. The molecule has 4 rings (SSSR count). The molecular formula is C20H17Cl2N5O2. The first-order valence-electron chi connectivity index (χ1n) is 8.96. The maximum absolute atomic E-state index is 12.6. The molecule has 7 nitrogen and oxygen atoms in total. The van der Waals surface area contributed by atoms with E-state index in [0.717, 1.165) is 5.56 Å². The van der Waals surface area contributed by atoms with Crippen LogP contribution in [0.1, 0.15) is 12.0 Å². The number of aromatic nitrogens is 3. The van der Waals surface area contributed by atoms with Crippen molar-refractivity contribution in [3.8, 4) is 0 Å². The van der Waals surface area contributed by atoms with E-state index in [9.17, 15) is 9.59 Å². The predicted octanol–water partition coefficient (Wildman–Crippen LogP) is 3.62. The molecule has 1 aromatic heterocycles. The third-order valence-corrected chi connectivity index (χ3v) is 5.12. The number of hydrogen-bond acceptors (Lipinski definition) is 4. The van der Waals surface area contributed by atoms with Gasteiger partial charge in [-0.1, -0.05) is 35.3 Å². The number of anilines is 2. The molecule has 0 spiro atoms. The number of nitrogens with zero attached hydrogens (tertiary/aromatic N) is 4. The minimum Gasteiger partial charge on any atom is -0.326 e. The lowest BCUT2D eigenvalue weighted by Gasteiger charge is -2.17. The van der Waals surface area contributed by atoms with Gasteiger partial charge in [0.1, 0.15) is 12.7 Å². The number of nitrogens with one attached hydrogen (secondary N) is 1. The van der Waals surface area contributed by atoms with Crippen LogP contribution in [0.3, 0.4) is 0 Å². The summed E-state index contributed by atoms with van der Waals surface area (Å²) in [5.41, 5.74) is 2.31. The summed E-state index contributed by atoms with van der Waals surface area (Å²) in [7, 11) is 0.